The summed E-state index contributed by atoms with van der Waals surface area (Å²) in [5.41, 5.74) is 7.52. The Morgan fingerprint density at radius 2 is 1.25 bits per heavy atom. The van der Waals surface area contributed by atoms with Crippen molar-refractivity contribution in [2.75, 3.05) is 30.1 Å². The molecular formula is C49H38N4O5S2. The van der Waals surface area contributed by atoms with Crippen molar-refractivity contribution >= 4 is 74.9 Å². The van der Waals surface area contributed by atoms with E-state index in [-0.39, 0.29) is 11.8 Å². The van der Waals surface area contributed by atoms with Crippen LogP contribution in [-0.2, 0) is 16.1 Å². The molecule has 9 nitrogen and oxygen atoms in total. The largest absolute Gasteiger partial charge is 0.497 e. The number of hydrogen-bond donors (Lipinski definition) is 0. The zero-order valence-corrected chi connectivity index (χ0v) is 34.4. The van der Waals surface area contributed by atoms with E-state index in [2.05, 4.69) is 0 Å². The molecule has 11 heteroatoms. The van der Waals surface area contributed by atoms with Crippen LogP contribution in [0.15, 0.2) is 165 Å². The van der Waals surface area contributed by atoms with Gasteiger partial charge in [0.2, 0.25) is 0 Å². The number of rotatable bonds is 9. The fraction of sp³-hybridized carbons (Fsp3) is 0.102. The van der Waals surface area contributed by atoms with Gasteiger partial charge >= 0.3 is 0 Å². The lowest BCUT2D eigenvalue weighted by Crippen LogP contribution is -2.28. The molecule has 3 aliphatic rings. The van der Waals surface area contributed by atoms with Gasteiger partial charge < -0.3 is 14.2 Å². The second-order valence-corrected chi connectivity index (χ2v) is 16.0. The third-order valence-corrected chi connectivity index (χ3v) is 12.0. The van der Waals surface area contributed by atoms with Gasteiger partial charge in [0, 0.05) is 5.56 Å². The summed E-state index contributed by atoms with van der Waals surface area (Å²) in [5.74, 6) is 1.64. The minimum atomic E-state index is -0.160. The number of hydrogen-bond acceptors (Lipinski definition) is 9. The molecule has 2 fully saturated rings. The molecule has 0 bridgehead atoms. The maximum atomic E-state index is 14.2. The molecule has 6 aromatic rings. The van der Waals surface area contributed by atoms with Crippen LogP contribution in [0.5, 0.6) is 17.2 Å². The molecular weight excluding hydrogens is 789 g/mol. The van der Waals surface area contributed by atoms with Crippen LogP contribution in [0.4, 0.5) is 17.1 Å². The van der Waals surface area contributed by atoms with E-state index in [0.29, 0.717) is 57.1 Å². The van der Waals surface area contributed by atoms with Crippen LogP contribution in [0.2, 0.25) is 0 Å². The number of amides is 2. The van der Waals surface area contributed by atoms with E-state index in [9.17, 15) is 9.59 Å². The van der Waals surface area contributed by atoms with Crippen molar-refractivity contribution in [1.29, 1.82) is 0 Å². The van der Waals surface area contributed by atoms with E-state index in [0.717, 1.165) is 50.5 Å². The quantitative estimate of drug-likeness (QED) is 0.134. The lowest BCUT2D eigenvalue weighted by molar-refractivity contribution is -0.114. The SMILES string of the molecule is COc1ccc(/C=C2\S/C(=N\c3ccc(C)c(-c4cc(/C=C5\S/C(=N\Cc6ccccc6)N(c6ccccc6)C5=O)cc5c4OCCO5)c3)N(c3ccccc3)C2=O)cc1. The van der Waals surface area contributed by atoms with Gasteiger partial charge in [-0.1, -0.05) is 84.9 Å². The molecule has 0 atom stereocenters. The van der Waals surface area contributed by atoms with Crippen LogP contribution in [0.3, 0.4) is 0 Å². The van der Waals surface area contributed by atoms with Gasteiger partial charge in [0.15, 0.2) is 21.8 Å². The van der Waals surface area contributed by atoms with Crippen molar-refractivity contribution in [2.45, 2.75) is 13.5 Å². The highest BCUT2D eigenvalue weighted by Crippen LogP contribution is 2.45. The van der Waals surface area contributed by atoms with Gasteiger partial charge in [0.05, 0.1) is 40.5 Å². The second-order valence-electron chi connectivity index (χ2n) is 14.0. The van der Waals surface area contributed by atoms with Crippen LogP contribution in [0, 0.1) is 6.92 Å². The normalized spacial score (nSPS) is 17.7. The zero-order valence-electron chi connectivity index (χ0n) is 32.8. The molecule has 2 saturated heterocycles. The van der Waals surface area contributed by atoms with E-state index >= 15 is 0 Å². The molecule has 0 radical (unpaired) electrons. The molecule has 60 heavy (non-hydrogen) atoms. The molecule has 0 N–H and O–H groups in total. The molecule has 2 amide bonds. The highest BCUT2D eigenvalue weighted by molar-refractivity contribution is 8.19. The molecule has 6 aromatic carbocycles. The highest BCUT2D eigenvalue weighted by Gasteiger charge is 2.36. The number of fused-ring (bicyclic) bond motifs is 1. The van der Waals surface area contributed by atoms with E-state index in [1.807, 2.05) is 165 Å². The van der Waals surface area contributed by atoms with Crippen LogP contribution in [-0.4, -0.2) is 42.5 Å². The number of thioether (sulfide) groups is 2. The van der Waals surface area contributed by atoms with Crippen molar-refractivity contribution in [3.8, 4) is 28.4 Å². The molecule has 3 aliphatic heterocycles. The third-order valence-electron chi connectivity index (χ3n) is 9.99. The number of carbonyl (C=O) groups is 2. The standard InChI is InChI=1S/C49H38N4O5S2/c1-32-18-21-36(51-49-53(38-16-10-5-11-17-38)47(55)43(60-49)28-33-19-22-39(56-2)23-20-33)30-40(32)41-26-35(27-42-45(41)58-25-24-57-42)29-44-46(54)52(37-14-8-4-9-15-37)48(59-44)50-31-34-12-6-3-7-13-34/h3-23,26-30H,24-25,31H2,1-2H3/b43-28-,44-29-,50-48-,51-49-. The lowest BCUT2D eigenvalue weighted by Gasteiger charge is -2.23. The second kappa shape index (κ2) is 17.2. The van der Waals surface area contributed by atoms with E-state index in [1.54, 1.807) is 16.9 Å². The van der Waals surface area contributed by atoms with Crippen molar-refractivity contribution in [2.24, 2.45) is 9.98 Å². The summed E-state index contributed by atoms with van der Waals surface area (Å²) in [4.78, 5) is 42.6. The lowest BCUT2D eigenvalue weighted by atomic mass is 9.96. The summed E-state index contributed by atoms with van der Waals surface area (Å²) in [5, 5.41) is 1.14. The Morgan fingerprint density at radius 1 is 0.650 bits per heavy atom. The van der Waals surface area contributed by atoms with Crippen molar-refractivity contribution < 1.29 is 23.8 Å². The van der Waals surface area contributed by atoms with Crippen molar-refractivity contribution in [3.63, 3.8) is 0 Å². The van der Waals surface area contributed by atoms with E-state index < -0.39 is 0 Å². The van der Waals surface area contributed by atoms with Gasteiger partial charge in [0.25, 0.3) is 11.8 Å². The summed E-state index contributed by atoms with van der Waals surface area (Å²) in [7, 11) is 1.63. The molecule has 0 aromatic heterocycles. The predicted molar refractivity (Wildman–Crippen MR) is 244 cm³/mol. The monoisotopic (exact) mass is 826 g/mol. The summed E-state index contributed by atoms with van der Waals surface area (Å²) >= 11 is 2.68. The number of amidine groups is 2. The Bertz CT molecular complexity index is 2720. The average molecular weight is 827 g/mol. The first kappa shape index (κ1) is 38.7. The minimum absolute atomic E-state index is 0.157. The maximum absolute atomic E-state index is 14.2. The number of ether oxygens (including phenoxy) is 3. The van der Waals surface area contributed by atoms with Gasteiger partial charge in [-0.2, -0.15) is 0 Å². The van der Waals surface area contributed by atoms with Crippen LogP contribution in [0.25, 0.3) is 23.3 Å². The fourth-order valence-electron chi connectivity index (χ4n) is 7.02. The summed E-state index contributed by atoms with van der Waals surface area (Å²) in [6.45, 7) is 3.28. The number of aryl methyl sites for hydroxylation is 1. The van der Waals surface area contributed by atoms with Crippen molar-refractivity contribution in [1.82, 2.24) is 0 Å². The Balaban J connectivity index is 1.09. The first-order valence-corrected chi connectivity index (χ1v) is 21.0. The predicted octanol–water partition coefficient (Wildman–Crippen LogP) is 10.9. The number of aliphatic imine (C=N–C) groups is 2. The molecule has 0 unspecified atom stereocenters. The molecule has 0 saturated carbocycles. The smallest absolute Gasteiger partial charge is 0.271 e. The Labute approximate surface area is 356 Å². The van der Waals surface area contributed by atoms with Gasteiger partial charge in [-0.25, -0.2) is 4.99 Å². The maximum Gasteiger partial charge on any atom is 0.271 e. The van der Waals surface area contributed by atoms with Crippen molar-refractivity contribution in [3.05, 3.63) is 178 Å². The topological polar surface area (TPSA) is 93.0 Å². The highest BCUT2D eigenvalue weighted by atomic mass is 32.2. The number of para-hydroxylation sites is 2. The molecule has 3 heterocycles. The third kappa shape index (κ3) is 8.09. The fourth-order valence-corrected chi connectivity index (χ4v) is 9.00. The number of anilines is 2. The summed E-state index contributed by atoms with van der Waals surface area (Å²) in [6, 6.07) is 46.6. The van der Waals surface area contributed by atoms with Gasteiger partial charge in [0.1, 0.15) is 19.0 Å². The summed E-state index contributed by atoms with van der Waals surface area (Å²) < 4.78 is 17.8. The average Bonchev–Trinajstić information content (AvgIpc) is 3.77. The molecule has 9 rings (SSSR count). The number of methoxy groups -OCH3 is 1. The van der Waals surface area contributed by atoms with Gasteiger partial charge in [-0.05, 0) is 131 Å². The zero-order chi connectivity index (χ0) is 41.0. The number of benzene rings is 6. The van der Waals surface area contributed by atoms with Gasteiger partial charge in [-0.15, -0.1) is 0 Å². The summed E-state index contributed by atoms with van der Waals surface area (Å²) in [6.07, 6.45) is 3.77. The van der Waals surface area contributed by atoms with Crippen LogP contribution in [0.1, 0.15) is 22.3 Å². The van der Waals surface area contributed by atoms with Gasteiger partial charge in [-0.3, -0.25) is 24.4 Å². The van der Waals surface area contributed by atoms with Crippen LogP contribution >= 0.6 is 23.5 Å². The van der Waals surface area contributed by atoms with Crippen LogP contribution < -0.4 is 24.0 Å². The first-order valence-electron chi connectivity index (χ1n) is 19.4. The molecule has 0 aliphatic carbocycles. The first-order chi connectivity index (χ1) is 29.4. The van der Waals surface area contributed by atoms with E-state index in [4.69, 9.17) is 24.2 Å². The molecule has 296 valence electrons. The Kier molecular flexibility index (Phi) is 11.1. The molecule has 0 spiro atoms. The number of carbonyl (C=O) groups excluding carboxylic acids is 2. The minimum Gasteiger partial charge on any atom is -0.497 e. The van der Waals surface area contributed by atoms with E-state index in [1.165, 1.54) is 23.5 Å². The number of nitrogens with zero attached hydrogens (tertiary/aromatic N) is 4. The Hall–Kier alpha value is -6.82. The Morgan fingerprint density at radius 3 is 1.92 bits per heavy atom.